The van der Waals surface area contributed by atoms with Gasteiger partial charge in [-0.2, -0.15) is 0 Å². The first-order valence-electron chi connectivity index (χ1n) is 11.9. The zero-order chi connectivity index (χ0) is 23.8. The quantitative estimate of drug-likeness (QED) is 0.462. The van der Waals surface area contributed by atoms with Crippen LogP contribution in [0.1, 0.15) is 23.4 Å². The second-order valence-corrected chi connectivity index (χ2v) is 9.11. The number of aliphatic hydroxyl groups is 1. The van der Waals surface area contributed by atoms with E-state index in [2.05, 4.69) is 26.6 Å². The Morgan fingerprint density at radius 2 is 1.94 bits per heavy atom. The number of β-amino-alcohol motifs (C(OH)–C–C–N with tert-alkyl or cyclic N) is 1. The normalized spacial score (nSPS) is 19.0. The minimum absolute atomic E-state index is 0.187. The predicted molar refractivity (Wildman–Crippen MR) is 131 cm³/mol. The van der Waals surface area contributed by atoms with Crippen LogP contribution in [-0.4, -0.2) is 64.7 Å². The van der Waals surface area contributed by atoms with Crippen molar-refractivity contribution in [2.75, 3.05) is 39.5 Å². The molecule has 1 unspecified atom stereocenters. The van der Waals surface area contributed by atoms with Gasteiger partial charge in [0.05, 0.1) is 19.8 Å². The highest BCUT2D eigenvalue weighted by atomic mass is 16.5. The summed E-state index contributed by atoms with van der Waals surface area (Å²) in [6.07, 6.45) is 4.73. The van der Waals surface area contributed by atoms with Crippen LogP contribution in [0.3, 0.4) is 0 Å². The van der Waals surface area contributed by atoms with Crippen LogP contribution in [0.5, 0.6) is 11.5 Å². The van der Waals surface area contributed by atoms with E-state index in [0.717, 1.165) is 42.4 Å². The Balaban J connectivity index is 1.28. The molecule has 1 aliphatic rings. The summed E-state index contributed by atoms with van der Waals surface area (Å²) in [7, 11) is 0. The van der Waals surface area contributed by atoms with Crippen molar-refractivity contribution in [1.29, 1.82) is 0 Å². The fraction of sp³-hybridized carbons (Fsp3) is 0.444. The lowest BCUT2D eigenvalue weighted by molar-refractivity contribution is -0.0646. The standard InChI is InChI=1S/C27H35N3O4/c1-22-7-9-25(10-8-22)34-21-27(31)19-29(14-16-32-20-27)18-24-5-3-6-26(17-24)33-15-4-12-30-13-11-28-23(30)2/h3,5-11,13,17,31H,4,12,14-16,18-21H2,1-2H3. The number of ether oxygens (including phenoxy) is 3. The van der Waals surface area contributed by atoms with Crippen LogP contribution in [0, 0.1) is 13.8 Å². The van der Waals surface area contributed by atoms with Crippen LogP contribution in [0.15, 0.2) is 60.9 Å². The van der Waals surface area contributed by atoms with Crippen LogP contribution in [0.25, 0.3) is 0 Å². The molecule has 0 amide bonds. The van der Waals surface area contributed by atoms with Gasteiger partial charge in [0.15, 0.2) is 0 Å². The number of aromatic nitrogens is 2. The molecule has 1 aromatic heterocycles. The first-order chi connectivity index (χ1) is 16.5. The second kappa shape index (κ2) is 11.5. The Morgan fingerprint density at radius 1 is 1.09 bits per heavy atom. The summed E-state index contributed by atoms with van der Waals surface area (Å²) in [5, 5.41) is 11.2. The van der Waals surface area contributed by atoms with Crippen molar-refractivity contribution < 1.29 is 19.3 Å². The molecule has 1 aliphatic heterocycles. The van der Waals surface area contributed by atoms with Gasteiger partial charge in [0.2, 0.25) is 0 Å². The van der Waals surface area contributed by atoms with Gasteiger partial charge in [-0.3, -0.25) is 4.90 Å². The second-order valence-electron chi connectivity index (χ2n) is 9.11. The van der Waals surface area contributed by atoms with Gasteiger partial charge < -0.3 is 23.9 Å². The molecule has 0 spiro atoms. The lowest BCUT2D eigenvalue weighted by Crippen LogP contribution is -2.48. The third-order valence-electron chi connectivity index (χ3n) is 6.01. The van der Waals surface area contributed by atoms with E-state index < -0.39 is 5.60 Å². The average Bonchev–Trinajstić information content (AvgIpc) is 3.14. The molecule has 34 heavy (non-hydrogen) atoms. The van der Waals surface area contributed by atoms with Crippen molar-refractivity contribution in [3.63, 3.8) is 0 Å². The highest BCUT2D eigenvalue weighted by Gasteiger charge is 2.33. The third kappa shape index (κ3) is 7.06. The molecule has 1 atom stereocenters. The largest absolute Gasteiger partial charge is 0.494 e. The Morgan fingerprint density at radius 3 is 2.74 bits per heavy atom. The van der Waals surface area contributed by atoms with Crippen LogP contribution in [-0.2, 0) is 17.8 Å². The van der Waals surface area contributed by atoms with Crippen LogP contribution >= 0.6 is 0 Å². The topological polar surface area (TPSA) is 69.0 Å². The van der Waals surface area contributed by atoms with E-state index >= 15 is 0 Å². The molecular weight excluding hydrogens is 430 g/mol. The third-order valence-corrected chi connectivity index (χ3v) is 6.01. The monoisotopic (exact) mass is 465 g/mol. The van der Waals surface area contributed by atoms with E-state index in [9.17, 15) is 5.11 Å². The van der Waals surface area contributed by atoms with Gasteiger partial charge in [0, 0.05) is 38.6 Å². The molecule has 0 bridgehead atoms. The highest BCUT2D eigenvalue weighted by molar-refractivity contribution is 5.29. The Labute approximate surface area is 201 Å². The van der Waals surface area contributed by atoms with Crippen molar-refractivity contribution >= 4 is 0 Å². The fourth-order valence-corrected chi connectivity index (χ4v) is 4.13. The van der Waals surface area contributed by atoms with E-state index in [4.69, 9.17) is 14.2 Å². The smallest absolute Gasteiger partial charge is 0.134 e. The van der Waals surface area contributed by atoms with E-state index in [-0.39, 0.29) is 13.2 Å². The van der Waals surface area contributed by atoms with Gasteiger partial charge >= 0.3 is 0 Å². The van der Waals surface area contributed by atoms with Crippen molar-refractivity contribution in [1.82, 2.24) is 14.5 Å². The van der Waals surface area contributed by atoms with Crippen LogP contribution in [0.2, 0.25) is 0 Å². The Hall–Kier alpha value is -2.87. The molecule has 4 rings (SSSR count). The van der Waals surface area contributed by atoms with Gasteiger partial charge in [-0.25, -0.2) is 4.98 Å². The van der Waals surface area contributed by atoms with E-state index in [0.29, 0.717) is 26.3 Å². The first-order valence-corrected chi connectivity index (χ1v) is 11.9. The maximum Gasteiger partial charge on any atom is 0.134 e. The number of benzene rings is 2. The summed E-state index contributed by atoms with van der Waals surface area (Å²) in [5.41, 5.74) is 1.25. The molecule has 3 aromatic rings. The van der Waals surface area contributed by atoms with Gasteiger partial charge in [-0.15, -0.1) is 0 Å². The van der Waals surface area contributed by atoms with E-state index in [1.807, 2.05) is 62.6 Å². The van der Waals surface area contributed by atoms with E-state index in [1.54, 1.807) is 0 Å². The number of hydrogen-bond acceptors (Lipinski definition) is 6. The molecule has 0 radical (unpaired) electrons. The summed E-state index contributed by atoms with van der Waals surface area (Å²) < 4.78 is 19.7. The van der Waals surface area contributed by atoms with Crippen LogP contribution < -0.4 is 9.47 Å². The summed E-state index contributed by atoms with van der Waals surface area (Å²) in [6, 6.07) is 16.0. The van der Waals surface area contributed by atoms with Crippen molar-refractivity contribution in [3.05, 3.63) is 77.9 Å². The van der Waals surface area contributed by atoms with E-state index in [1.165, 1.54) is 5.56 Å². The maximum atomic E-state index is 11.2. The van der Waals surface area contributed by atoms with Crippen molar-refractivity contribution in [2.24, 2.45) is 0 Å². The number of imidazole rings is 1. The summed E-state index contributed by atoms with van der Waals surface area (Å²) >= 11 is 0. The zero-order valence-corrected chi connectivity index (χ0v) is 20.2. The molecule has 1 saturated heterocycles. The molecule has 0 aliphatic carbocycles. The zero-order valence-electron chi connectivity index (χ0n) is 20.2. The van der Waals surface area contributed by atoms with Crippen LogP contribution in [0.4, 0.5) is 0 Å². The van der Waals surface area contributed by atoms with Gasteiger partial charge in [0.25, 0.3) is 0 Å². The number of nitrogens with zero attached hydrogens (tertiary/aromatic N) is 3. The summed E-state index contributed by atoms with van der Waals surface area (Å²) in [5.74, 6) is 2.64. The molecule has 2 heterocycles. The molecule has 0 saturated carbocycles. The minimum atomic E-state index is -1.07. The van der Waals surface area contributed by atoms with Crippen molar-refractivity contribution in [2.45, 2.75) is 39.0 Å². The average molecular weight is 466 g/mol. The summed E-state index contributed by atoms with van der Waals surface area (Å²) in [6.45, 7) is 8.55. The Kier molecular flexibility index (Phi) is 8.21. The highest BCUT2D eigenvalue weighted by Crippen LogP contribution is 2.20. The lowest BCUT2D eigenvalue weighted by Gasteiger charge is -2.30. The minimum Gasteiger partial charge on any atom is -0.494 e. The molecule has 1 fully saturated rings. The predicted octanol–water partition coefficient (Wildman–Crippen LogP) is 3.61. The molecule has 1 N–H and O–H groups in total. The molecular formula is C27H35N3O4. The molecule has 7 heteroatoms. The number of aryl methyl sites for hydroxylation is 3. The fourth-order valence-electron chi connectivity index (χ4n) is 4.13. The summed E-state index contributed by atoms with van der Waals surface area (Å²) in [4.78, 5) is 6.47. The Bertz CT molecular complexity index is 1040. The number of hydrogen-bond donors (Lipinski definition) is 1. The molecule has 7 nitrogen and oxygen atoms in total. The molecule has 182 valence electrons. The first kappa shape index (κ1) is 24.3. The SMILES string of the molecule is Cc1ccc(OCC2(O)COCCN(Cc3cccc(OCCCn4ccnc4C)c3)C2)cc1. The van der Waals surface area contributed by atoms with Gasteiger partial charge in [-0.1, -0.05) is 29.8 Å². The van der Waals surface area contributed by atoms with Gasteiger partial charge in [-0.05, 0) is 50.1 Å². The number of rotatable bonds is 10. The van der Waals surface area contributed by atoms with Crippen molar-refractivity contribution in [3.8, 4) is 11.5 Å². The molecule has 2 aromatic carbocycles. The maximum absolute atomic E-state index is 11.2. The van der Waals surface area contributed by atoms with Gasteiger partial charge in [0.1, 0.15) is 29.5 Å². The lowest BCUT2D eigenvalue weighted by atomic mass is 10.1.